The lowest BCUT2D eigenvalue weighted by Crippen LogP contribution is -2.48. The van der Waals surface area contributed by atoms with Gasteiger partial charge in [-0.25, -0.2) is 8.42 Å². The molecule has 0 aliphatic carbocycles. The monoisotopic (exact) mass is 381 g/mol. The largest absolute Gasteiger partial charge is 0.296 e. The third-order valence-corrected chi connectivity index (χ3v) is 7.05. The number of hydrogen-bond donors (Lipinski definition) is 0. The molecule has 8 heteroatoms. The van der Waals surface area contributed by atoms with Gasteiger partial charge in [-0.2, -0.15) is 9.57 Å². The van der Waals surface area contributed by atoms with Crippen molar-refractivity contribution in [1.82, 2.24) is 9.21 Å². The average molecular weight is 382 g/mol. The van der Waals surface area contributed by atoms with Crippen molar-refractivity contribution in [2.24, 2.45) is 0 Å². The zero-order valence-corrected chi connectivity index (χ0v) is 15.2. The van der Waals surface area contributed by atoms with E-state index >= 15 is 0 Å². The van der Waals surface area contributed by atoms with Gasteiger partial charge in [0.05, 0.1) is 20.9 Å². The molecule has 1 saturated heterocycles. The van der Waals surface area contributed by atoms with Crippen molar-refractivity contribution >= 4 is 33.0 Å². The van der Waals surface area contributed by atoms with E-state index in [1.807, 2.05) is 18.2 Å². The van der Waals surface area contributed by atoms with Crippen LogP contribution in [0.2, 0.25) is 4.34 Å². The summed E-state index contributed by atoms with van der Waals surface area (Å²) >= 11 is 7.49. The molecule has 24 heavy (non-hydrogen) atoms. The third-order valence-electron chi connectivity index (χ3n) is 3.94. The summed E-state index contributed by atoms with van der Waals surface area (Å²) in [5, 5.41) is 8.94. The maximum absolute atomic E-state index is 12.7. The van der Waals surface area contributed by atoms with Crippen LogP contribution in [0, 0.1) is 11.3 Å². The summed E-state index contributed by atoms with van der Waals surface area (Å²) in [6.07, 6.45) is 0. The molecule has 0 unspecified atom stereocenters. The number of halogens is 1. The summed E-state index contributed by atoms with van der Waals surface area (Å²) in [4.78, 5) is 3.58. The van der Waals surface area contributed by atoms with Crippen LogP contribution in [-0.4, -0.2) is 43.8 Å². The van der Waals surface area contributed by atoms with Crippen LogP contribution in [0.5, 0.6) is 0 Å². The van der Waals surface area contributed by atoms with Gasteiger partial charge in [0.15, 0.2) is 0 Å². The Balaban J connectivity index is 1.66. The van der Waals surface area contributed by atoms with E-state index in [2.05, 4.69) is 4.90 Å². The lowest BCUT2D eigenvalue weighted by Gasteiger charge is -2.33. The molecular weight excluding hydrogens is 366 g/mol. The Morgan fingerprint density at radius 1 is 1.17 bits per heavy atom. The summed E-state index contributed by atoms with van der Waals surface area (Å²) in [7, 11) is -3.55. The molecule has 126 valence electrons. The van der Waals surface area contributed by atoms with Gasteiger partial charge in [-0.05, 0) is 30.3 Å². The summed E-state index contributed by atoms with van der Waals surface area (Å²) in [6.45, 7) is 3.02. The molecular formula is C16H16ClN3O2S2. The molecule has 5 nitrogen and oxygen atoms in total. The van der Waals surface area contributed by atoms with Gasteiger partial charge in [-0.15, -0.1) is 11.3 Å². The maximum atomic E-state index is 12.7. The number of thiophene rings is 1. The topological polar surface area (TPSA) is 64.4 Å². The minimum atomic E-state index is -3.55. The Labute approximate surface area is 150 Å². The van der Waals surface area contributed by atoms with Crippen LogP contribution in [0.4, 0.5) is 0 Å². The normalized spacial score (nSPS) is 16.8. The Kier molecular flexibility index (Phi) is 5.23. The average Bonchev–Trinajstić information content (AvgIpc) is 3.00. The minimum absolute atomic E-state index is 0.181. The van der Waals surface area contributed by atoms with Gasteiger partial charge in [0.25, 0.3) is 0 Å². The van der Waals surface area contributed by atoms with Crippen LogP contribution in [-0.2, 0) is 16.6 Å². The third kappa shape index (κ3) is 3.79. The van der Waals surface area contributed by atoms with Crippen molar-refractivity contribution < 1.29 is 8.42 Å². The van der Waals surface area contributed by atoms with Gasteiger partial charge < -0.3 is 0 Å². The molecule has 0 bridgehead atoms. The highest BCUT2D eigenvalue weighted by Gasteiger charge is 2.28. The molecule has 1 aromatic carbocycles. The molecule has 0 spiro atoms. The van der Waals surface area contributed by atoms with Gasteiger partial charge in [-0.1, -0.05) is 17.7 Å². The van der Waals surface area contributed by atoms with Crippen LogP contribution in [0.25, 0.3) is 0 Å². The molecule has 0 atom stereocenters. The van der Waals surface area contributed by atoms with E-state index in [4.69, 9.17) is 16.9 Å². The van der Waals surface area contributed by atoms with Crippen LogP contribution >= 0.6 is 22.9 Å². The predicted octanol–water partition coefficient (Wildman–Crippen LogP) is 2.78. The lowest BCUT2D eigenvalue weighted by molar-refractivity contribution is 0.183. The molecule has 1 aliphatic rings. The van der Waals surface area contributed by atoms with Gasteiger partial charge in [0.1, 0.15) is 0 Å². The molecule has 2 heterocycles. The second-order valence-electron chi connectivity index (χ2n) is 5.53. The first-order valence-corrected chi connectivity index (χ1v) is 10.1. The number of piperazine rings is 1. The summed E-state index contributed by atoms with van der Waals surface area (Å²) in [5.41, 5.74) is 0.351. The molecule has 1 aromatic heterocycles. The molecule has 1 fully saturated rings. The van der Waals surface area contributed by atoms with Crippen molar-refractivity contribution in [2.75, 3.05) is 26.2 Å². The second-order valence-corrected chi connectivity index (χ2v) is 9.26. The van der Waals surface area contributed by atoms with E-state index in [-0.39, 0.29) is 4.90 Å². The van der Waals surface area contributed by atoms with Crippen LogP contribution in [0.1, 0.15) is 10.4 Å². The number of nitrogens with zero attached hydrogens (tertiary/aromatic N) is 3. The molecule has 3 rings (SSSR count). The summed E-state index contributed by atoms with van der Waals surface area (Å²) in [6, 6.07) is 12.0. The number of sulfonamides is 1. The Bertz CT molecular complexity index is 865. The van der Waals surface area contributed by atoms with Crippen molar-refractivity contribution in [3.8, 4) is 6.07 Å². The second kappa shape index (κ2) is 7.21. The Morgan fingerprint density at radius 2 is 1.92 bits per heavy atom. The smallest absolute Gasteiger partial charge is 0.243 e. The summed E-state index contributed by atoms with van der Waals surface area (Å²) < 4.78 is 27.7. The van der Waals surface area contributed by atoms with E-state index in [0.29, 0.717) is 31.7 Å². The quantitative estimate of drug-likeness (QED) is 0.816. The SMILES string of the molecule is N#Cc1cccc(S(=O)(=O)N2CCN(Cc3ccc(Cl)s3)CC2)c1. The van der Waals surface area contributed by atoms with Crippen LogP contribution in [0.3, 0.4) is 0 Å². The highest BCUT2D eigenvalue weighted by Crippen LogP contribution is 2.24. The van der Waals surface area contributed by atoms with Crippen molar-refractivity contribution in [2.45, 2.75) is 11.4 Å². The Morgan fingerprint density at radius 3 is 2.54 bits per heavy atom. The molecule has 0 N–H and O–H groups in total. The highest BCUT2D eigenvalue weighted by atomic mass is 35.5. The molecule has 0 amide bonds. The number of nitriles is 1. The number of benzene rings is 1. The minimum Gasteiger partial charge on any atom is -0.296 e. The van der Waals surface area contributed by atoms with Crippen molar-refractivity contribution in [3.63, 3.8) is 0 Å². The van der Waals surface area contributed by atoms with Crippen molar-refractivity contribution in [3.05, 3.63) is 51.2 Å². The zero-order chi connectivity index (χ0) is 17.2. The van der Waals surface area contributed by atoms with Gasteiger partial charge in [-0.3, -0.25) is 4.90 Å². The van der Waals surface area contributed by atoms with Gasteiger partial charge in [0.2, 0.25) is 10.0 Å². The van der Waals surface area contributed by atoms with Crippen LogP contribution < -0.4 is 0 Å². The first-order valence-electron chi connectivity index (χ1n) is 7.46. The van der Waals surface area contributed by atoms with E-state index in [1.54, 1.807) is 23.5 Å². The van der Waals surface area contributed by atoms with E-state index in [9.17, 15) is 8.42 Å². The van der Waals surface area contributed by atoms with E-state index < -0.39 is 10.0 Å². The number of hydrogen-bond acceptors (Lipinski definition) is 5. The first kappa shape index (κ1) is 17.4. The van der Waals surface area contributed by atoms with Gasteiger partial charge in [0, 0.05) is 37.6 Å². The van der Waals surface area contributed by atoms with Crippen molar-refractivity contribution in [1.29, 1.82) is 5.26 Å². The fourth-order valence-electron chi connectivity index (χ4n) is 2.66. The van der Waals surface area contributed by atoms with E-state index in [1.165, 1.54) is 21.3 Å². The molecule has 1 aliphatic heterocycles. The fourth-order valence-corrected chi connectivity index (χ4v) is 5.26. The number of rotatable bonds is 4. The lowest BCUT2D eigenvalue weighted by atomic mass is 10.2. The fraction of sp³-hybridized carbons (Fsp3) is 0.312. The maximum Gasteiger partial charge on any atom is 0.243 e. The van der Waals surface area contributed by atoms with E-state index in [0.717, 1.165) is 10.9 Å². The molecule has 0 radical (unpaired) electrons. The van der Waals surface area contributed by atoms with Crippen LogP contribution in [0.15, 0.2) is 41.3 Å². The standard InChI is InChI=1S/C16H16ClN3O2S2/c17-16-5-4-14(23-16)12-19-6-8-20(9-7-19)24(21,22)15-3-1-2-13(10-15)11-18/h1-5,10H,6-9,12H2. The summed E-state index contributed by atoms with van der Waals surface area (Å²) in [5.74, 6) is 0. The molecule has 2 aromatic rings. The highest BCUT2D eigenvalue weighted by molar-refractivity contribution is 7.89. The van der Waals surface area contributed by atoms with Gasteiger partial charge >= 0.3 is 0 Å². The first-order chi connectivity index (χ1) is 11.5. The molecule has 0 saturated carbocycles. The Hall–Kier alpha value is -1.43. The predicted molar refractivity (Wildman–Crippen MR) is 94.5 cm³/mol. The zero-order valence-electron chi connectivity index (χ0n) is 12.9.